The van der Waals surface area contributed by atoms with Gasteiger partial charge in [-0.05, 0) is 44.0 Å². The number of nitrogens with zero attached hydrogens (tertiary/aromatic N) is 2. The lowest BCUT2D eigenvalue weighted by atomic mass is 10.1. The number of thiophene rings is 1. The van der Waals surface area contributed by atoms with Crippen molar-refractivity contribution in [3.05, 3.63) is 46.0 Å². The molecule has 1 atom stereocenters. The van der Waals surface area contributed by atoms with Crippen LogP contribution in [0, 0.1) is 13.8 Å². The predicted molar refractivity (Wildman–Crippen MR) is 107 cm³/mol. The Labute approximate surface area is 168 Å². The van der Waals surface area contributed by atoms with Crippen LogP contribution in [0.4, 0.5) is 10.1 Å². The fourth-order valence-corrected chi connectivity index (χ4v) is 4.40. The molecule has 148 valence electrons. The van der Waals surface area contributed by atoms with Crippen molar-refractivity contribution in [2.75, 3.05) is 5.73 Å². The number of anilines is 1. The summed E-state index contributed by atoms with van der Waals surface area (Å²) in [6, 6.07) is 4.56. The summed E-state index contributed by atoms with van der Waals surface area (Å²) >= 11 is 1.00. The van der Waals surface area contributed by atoms with Crippen LogP contribution in [0.2, 0.25) is 0 Å². The summed E-state index contributed by atoms with van der Waals surface area (Å²) in [4.78, 5) is 13.0. The Morgan fingerprint density at radius 3 is 2.57 bits per heavy atom. The highest BCUT2D eigenvalue weighted by atomic mass is 32.2. The molecule has 0 bridgehead atoms. The molecule has 0 aliphatic rings. The first-order chi connectivity index (χ1) is 13.9. The highest BCUT2D eigenvalue weighted by molar-refractivity contribution is 7.91. The number of amides is 1. The van der Waals surface area contributed by atoms with Crippen LogP contribution in [0.1, 0.15) is 36.2 Å². The number of halogens is 1. The van der Waals surface area contributed by atoms with Crippen LogP contribution in [-0.2, 0) is 16.3 Å². The molecule has 0 saturated carbocycles. The van der Waals surface area contributed by atoms with E-state index in [-0.39, 0.29) is 21.0 Å². The number of carbonyl (C=O) groups excluding carboxylic acids is 1. The Bertz CT molecular complexity index is 1240. The highest BCUT2D eigenvalue weighted by Gasteiger charge is 2.23. The number of alkyl halides is 1. The molecule has 1 unspecified atom stereocenters. The van der Waals surface area contributed by atoms with Crippen molar-refractivity contribution >= 4 is 43.0 Å². The fraction of sp³-hybridized carbons (Fsp3) is 0.278. The summed E-state index contributed by atoms with van der Waals surface area (Å²) in [6.07, 6.45) is 0. The van der Waals surface area contributed by atoms with Crippen molar-refractivity contribution < 1.29 is 20.3 Å². The van der Waals surface area contributed by atoms with E-state index in [1.807, 2.05) is 6.92 Å². The Hall–Kier alpha value is -2.59. The summed E-state index contributed by atoms with van der Waals surface area (Å²) in [7, 11) is -4.14. The lowest BCUT2D eigenvalue weighted by Crippen LogP contribution is -2.22. The lowest BCUT2D eigenvalue weighted by Gasteiger charge is -2.08. The smallest absolute Gasteiger partial charge is 0.263 e. The minimum Gasteiger partial charge on any atom is -0.397 e. The van der Waals surface area contributed by atoms with Gasteiger partial charge in [-0.1, -0.05) is 12.1 Å². The van der Waals surface area contributed by atoms with Crippen LogP contribution < -0.4 is 11.1 Å². The lowest BCUT2D eigenvalue weighted by molar-refractivity contribution is 0.0956. The minimum atomic E-state index is -4.14. The first-order valence-corrected chi connectivity index (χ1v) is 10.6. The van der Waals surface area contributed by atoms with E-state index in [0.717, 1.165) is 36.0 Å². The van der Waals surface area contributed by atoms with Crippen LogP contribution in [0.5, 0.6) is 0 Å². The number of nitrogens with two attached hydrogens (primary N) is 1. The molecule has 3 rings (SSSR count). The largest absolute Gasteiger partial charge is 0.397 e. The van der Waals surface area contributed by atoms with E-state index in [0.29, 0.717) is 15.9 Å². The second kappa shape index (κ2) is 7.44. The number of carbonyl (C=O) groups is 1. The maximum absolute atomic E-state index is 13.3. The van der Waals surface area contributed by atoms with E-state index in [2.05, 4.69) is 15.5 Å². The number of aryl methyl sites for hydroxylation is 2. The predicted octanol–water partition coefficient (Wildman–Crippen LogP) is 2.91. The van der Waals surface area contributed by atoms with E-state index < -0.39 is 27.7 Å². The number of hydrogen-bond acceptors (Lipinski definition) is 7. The van der Waals surface area contributed by atoms with Crippen molar-refractivity contribution in [3.8, 4) is 0 Å². The number of nitrogens with one attached hydrogen (secondary N) is 1. The molecule has 0 fully saturated rings. The van der Waals surface area contributed by atoms with Gasteiger partial charge in [0, 0.05) is 11.9 Å². The maximum Gasteiger partial charge on any atom is 0.263 e. The molecule has 0 saturated heterocycles. The summed E-state index contributed by atoms with van der Waals surface area (Å²) < 4.78 is 53.4. The van der Waals surface area contributed by atoms with Gasteiger partial charge in [-0.2, -0.15) is 5.10 Å². The molecule has 1 amide bonds. The third-order valence-corrected chi connectivity index (χ3v) is 7.15. The molecule has 10 heteroatoms. The van der Waals surface area contributed by atoms with E-state index in [1.165, 1.54) is 12.1 Å². The SMILES string of the molecule is [2H]C([2H])(NC(=O)c1sc2nnc(C)c(C)c2c1N)c1ccc(S(=O)(=O)C(C)F)cc1. The van der Waals surface area contributed by atoms with Crippen LogP contribution in [0.15, 0.2) is 29.2 Å². The molecule has 0 spiro atoms. The molecule has 3 N–H and O–H groups in total. The summed E-state index contributed by atoms with van der Waals surface area (Å²) in [5, 5.41) is 10.9. The second-order valence-corrected chi connectivity index (χ2v) is 9.34. The van der Waals surface area contributed by atoms with E-state index >= 15 is 0 Å². The molecular formula is C18H19FN4O3S2. The normalized spacial score (nSPS) is 14.4. The molecule has 7 nitrogen and oxygen atoms in total. The molecule has 0 radical (unpaired) electrons. The zero-order valence-electron chi connectivity index (χ0n) is 17.3. The Balaban J connectivity index is 1.90. The standard InChI is InChI=1S/C18H19FN4O3S2/c1-9-10(2)22-23-18-14(9)15(20)16(27-18)17(24)21-8-12-4-6-13(7-5-12)28(25,26)11(3)19/h4-7,11H,8,20H2,1-3H3,(H,21,24)/i8D2. The van der Waals surface area contributed by atoms with Gasteiger partial charge in [0.1, 0.15) is 9.71 Å². The second-order valence-electron chi connectivity index (χ2n) is 6.13. The van der Waals surface area contributed by atoms with Gasteiger partial charge in [0.25, 0.3) is 5.91 Å². The Morgan fingerprint density at radius 2 is 1.96 bits per heavy atom. The van der Waals surface area contributed by atoms with Gasteiger partial charge >= 0.3 is 0 Å². The van der Waals surface area contributed by atoms with Gasteiger partial charge < -0.3 is 11.1 Å². The number of rotatable bonds is 5. The summed E-state index contributed by atoms with van der Waals surface area (Å²) in [5.74, 6) is -0.744. The van der Waals surface area contributed by atoms with Crippen molar-refractivity contribution in [3.63, 3.8) is 0 Å². The number of benzene rings is 1. The molecule has 3 aromatic rings. The van der Waals surface area contributed by atoms with Gasteiger partial charge in [-0.3, -0.25) is 4.79 Å². The van der Waals surface area contributed by atoms with Crippen molar-refractivity contribution in [2.24, 2.45) is 0 Å². The first-order valence-electron chi connectivity index (χ1n) is 9.19. The van der Waals surface area contributed by atoms with Crippen molar-refractivity contribution in [1.29, 1.82) is 0 Å². The zero-order chi connectivity index (χ0) is 22.4. The topological polar surface area (TPSA) is 115 Å². The van der Waals surface area contributed by atoms with Gasteiger partial charge in [-0.25, -0.2) is 12.8 Å². The molecule has 0 aliphatic heterocycles. The summed E-state index contributed by atoms with van der Waals surface area (Å²) in [6.45, 7) is 2.15. The minimum absolute atomic E-state index is 0.00666. The molecule has 28 heavy (non-hydrogen) atoms. The number of sulfone groups is 1. The molecule has 1 aromatic carbocycles. The Kier molecular flexibility index (Phi) is 4.65. The third-order valence-electron chi connectivity index (χ3n) is 4.27. The van der Waals surface area contributed by atoms with E-state index in [1.54, 1.807) is 6.92 Å². The van der Waals surface area contributed by atoms with Crippen LogP contribution in [0.25, 0.3) is 10.2 Å². The monoisotopic (exact) mass is 424 g/mol. The van der Waals surface area contributed by atoms with Crippen LogP contribution in [-0.4, -0.2) is 30.0 Å². The van der Waals surface area contributed by atoms with Crippen molar-refractivity contribution in [1.82, 2.24) is 15.5 Å². The molecule has 2 aromatic heterocycles. The van der Waals surface area contributed by atoms with Gasteiger partial charge in [0.2, 0.25) is 15.3 Å². The number of fused-ring (bicyclic) bond motifs is 1. The van der Waals surface area contributed by atoms with Gasteiger partial charge in [0.15, 0.2) is 0 Å². The number of hydrogen-bond donors (Lipinski definition) is 2. The third kappa shape index (κ3) is 3.57. The van der Waals surface area contributed by atoms with Gasteiger partial charge in [0.05, 0.1) is 19.0 Å². The highest BCUT2D eigenvalue weighted by Crippen LogP contribution is 2.34. The fourth-order valence-electron chi connectivity index (χ4n) is 2.51. The summed E-state index contributed by atoms with van der Waals surface area (Å²) in [5.41, 5.74) is 5.67. The number of nitrogen functional groups attached to an aromatic ring is 1. The van der Waals surface area contributed by atoms with Crippen LogP contribution >= 0.6 is 11.3 Å². The molecular weight excluding hydrogens is 403 g/mol. The van der Waals surface area contributed by atoms with E-state index in [4.69, 9.17) is 8.48 Å². The number of aromatic nitrogens is 2. The average molecular weight is 425 g/mol. The molecule has 0 aliphatic carbocycles. The zero-order valence-corrected chi connectivity index (χ0v) is 16.9. The van der Waals surface area contributed by atoms with E-state index in [9.17, 15) is 17.6 Å². The quantitative estimate of drug-likeness (QED) is 0.651. The molecule has 2 heterocycles. The Morgan fingerprint density at radius 1 is 1.32 bits per heavy atom. The average Bonchev–Trinajstić information content (AvgIpc) is 3.01. The van der Waals surface area contributed by atoms with Crippen molar-refractivity contribution in [2.45, 2.75) is 37.7 Å². The first kappa shape index (κ1) is 17.5. The van der Waals surface area contributed by atoms with Crippen LogP contribution in [0.3, 0.4) is 0 Å². The van der Waals surface area contributed by atoms with Gasteiger partial charge in [-0.15, -0.1) is 16.4 Å². The maximum atomic E-state index is 13.3.